The van der Waals surface area contributed by atoms with Gasteiger partial charge in [0, 0.05) is 7.05 Å². The van der Waals surface area contributed by atoms with E-state index in [1.165, 1.54) is 23.1 Å². The maximum absolute atomic E-state index is 13.8. The zero-order valence-corrected chi connectivity index (χ0v) is 10.1. The summed E-state index contributed by atoms with van der Waals surface area (Å²) in [6.45, 7) is 0. The number of anilines is 1. The summed E-state index contributed by atoms with van der Waals surface area (Å²) >= 11 is 0. The number of fused-ring (bicyclic) bond motifs is 1. The number of aryl methyl sites for hydroxylation is 1. The van der Waals surface area contributed by atoms with E-state index in [1.807, 2.05) is 0 Å². The average molecular weight is 259 g/mol. The molecule has 0 aliphatic carbocycles. The van der Waals surface area contributed by atoms with Crippen molar-refractivity contribution in [3.63, 3.8) is 0 Å². The molecule has 1 amide bonds. The van der Waals surface area contributed by atoms with E-state index in [-0.39, 0.29) is 17.0 Å². The number of furan rings is 1. The lowest BCUT2D eigenvalue weighted by Gasteiger charge is -1.99. The molecule has 0 saturated heterocycles. The van der Waals surface area contributed by atoms with Crippen LogP contribution in [0.1, 0.15) is 10.6 Å². The summed E-state index contributed by atoms with van der Waals surface area (Å²) in [5.41, 5.74) is 0.606. The van der Waals surface area contributed by atoms with Crippen LogP contribution in [0.2, 0.25) is 0 Å². The number of amides is 1. The van der Waals surface area contributed by atoms with Gasteiger partial charge in [-0.1, -0.05) is 6.07 Å². The number of carbonyl (C=O) groups excluding carboxylic acids is 1. The quantitative estimate of drug-likeness (QED) is 0.769. The van der Waals surface area contributed by atoms with Gasteiger partial charge >= 0.3 is 0 Å². The van der Waals surface area contributed by atoms with Crippen LogP contribution < -0.4 is 5.32 Å². The Morgan fingerprint density at radius 3 is 2.95 bits per heavy atom. The Morgan fingerprint density at radius 2 is 2.21 bits per heavy atom. The Labute approximate surface area is 107 Å². The Balaban J connectivity index is 2.04. The molecule has 0 saturated carbocycles. The van der Waals surface area contributed by atoms with E-state index >= 15 is 0 Å². The third-order valence-electron chi connectivity index (χ3n) is 2.80. The van der Waals surface area contributed by atoms with Gasteiger partial charge in [-0.25, -0.2) is 4.39 Å². The van der Waals surface area contributed by atoms with Crippen molar-refractivity contribution in [2.24, 2.45) is 7.05 Å². The van der Waals surface area contributed by atoms with Crippen LogP contribution in [-0.4, -0.2) is 15.7 Å². The van der Waals surface area contributed by atoms with Crippen LogP contribution in [0.3, 0.4) is 0 Å². The molecule has 3 rings (SSSR count). The van der Waals surface area contributed by atoms with E-state index in [1.54, 1.807) is 25.2 Å². The molecule has 2 aromatic heterocycles. The van der Waals surface area contributed by atoms with E-state index < -0.39 is 11.7 Å². The Hall–Kier alpha value is -2.63. The van der Waals surface area contributed by atoms with Crippen LogP contribution in [0.5, 0.6) is 0 Å². The molecule has 19 heavy (non-hydrogen) atoms. The summed E-state index contributed by atoms with van der Waals surface area (Å²) in [5.74, 6) is -0.569. The van der Waals surface area contributed by atoms with Gasteiger partial charge < -0.3 is 9.73 Å². The van der Waals surface area contributed by atoms with Crippen molar-refractivity contribution in [2.75, 3.05) is 5.32 Å². The molecule has 6 heteroatoms. The lowest BCUT2D eigenvalue weighted by Crippen LogP contribution is -2.11. The second-order valence-electron chi connectivity index (χ2n) is 4.04. The van der Waals surface area contributed by atoms with Gasteiger partial charge in [0.15, 0.2) is 11.6 Å². The van der Waals surface area contributed by atoms with Gasteiger partial charge in [-0.15, -0.1) is 0 Å². The normalized spacial score (nSPS) is 10.8. The largest absolute Gasteiger partial charge is 0.459 e. The van der Waals surface area contributed by atoms with Crippen LogP contribution in [-0.2, 0) is 7.05 Å². The summed E-state index contributed by atoms with van der Waals surface area (Å²) in [7, 11) is 1.68. The molecule has 0 radical (unpaired) electrons. The minimum absolute atomic E-state index is 0.148. The second-order valence-corrected chi connectivity index (χ2v) is 4.04. The number of carbonyl (C=O) groups is 1. The van der Waals surface area contributed by atoms with E-state index in [9.17, 15) is 9.18 Å². The predicted octanol–water partition coefficient (Wildman–Crippen LogP) is 2.56. The first-order valence-corrected chi connectivity index (χ1v) is 5.63. The maximum atomic E-state index is 13.8. The van der Waals surface area contributed by atoms with Gasteiger partial charge in [0.25, 0.3) is 5.91 Å². The average Bonchev–Trinajstić information content (AvgIpc) is 2.99. The highest BCUT2D eigenvalue weighted by molar-refractivity contribution is 6.06. The standard InChI is InChI=1S/C13H10FN3O2/c1-17-9-5-2-4-8(14)11(9)12(16-17)15-13(18)10-6-3-7-19-10/h2-7H,1H3,(H,15,16,18). The molecule has 1 N–H and O–H groups in total. The van der Waals surface area contributed by atoms with Crippen molar-refractivity contribution in [3.8, 4) is 0 Å². The number of nitrogens with zero attached hydrogens (tertiary/aromatic N) is 2. The van der Waals surface area contributed by atoms with E-state index in [2.05, 4.69) is 10.4 Å². The van der Waals surface area contributed by atoms with Crippen LogP contribution in [0.15, 0.2) is 41.0 Å². The molecule has 0 fully saturated rings. The molecule has 0 bridgehead atoms. The van der Waals surface area contributed by atoms with E-state index in [0.29, 0.717) is 5.52 Å². The molecule has 0 aliphatic rings. The molecular formula is C13H10FN3O2. The fourth-order valence-corrected chi connectivity index (χ4v) is 1.94. The number of halogens is 1. The zero-order chi connectivity index (χ0) is 13.4. The maximum Gasteiger partial charge on any atom is 0.292 e. The second kappa shape index (κ2) is 4.24. The molecule has 0 spiro atoms. The van der Waals surface area contributed by atoms with Gasteiger partial charge in [0.2, 0.25) is 0 Å². The van der Waals surface area contributed by atoms with Crippen molar-refractivity contribution in [2.45, 2.75) is 0 Å². The van der Waals surface area contributed by atoms with Crippen LogP contribution in [0, 0.1) is 5.82 Å². The molecule has 3 aromatic rings. The molecular weight excluding hydrogens is 249 g/mol. The molecule has 96 valence electrons. The number of aromatic nitrogens is 2. The van der Waals surface area contributed by atoms with Gasteiger partial charge in [-0.05, 0) is 24.3 Å². The lowest BCUT2D eigenvalue weighted by atomic mass is 10.2. The highest BCUT2D eigenvalue weighted by Crippen LogP contribution is 2.25. The molecule has 0 aliphatic heterocycles. The van der Waals surface area contributed by atoms with Crippen molar-refractivity contribution in [1.29, 1.82) is 0 Å². The van der Waals surface area contributed by atoms with Crippen molar-refractivity contribution >= 4 is 22.6 Å². The van der Waals surface area contributed by atoms with Crippen LogP contribution in [0.25, 0.3) is 10.9 Å². The third-order valence-corrected chi connectivity index (χ3v) is 2.80. The minimum Gasteiger partial charge on any atom is -0.459 e. The highest BCUT2D eigenvalue weighted by atomic mass is 19.1. The SMILES string of the molecule is Cn1nc(NC(=O)c2ccco2)c2c(F)cccc21. The van der Waals surface area contributed by atoms with E-state index in [0.717, 1.165) is 0 Å². The fourth-order valence-electron chi connectivity index (χ4n) is 1.94. The monoisotopic (exact) mass is 259 g/mol. The lowest BCUT2D eigenvalue weighted by molar-refractivity contribution is 0.0996. The molecule has 0 atom stereocenters. The summed E-state index contributed by atoms with van der Waals surface area (Å²) < 4.78 is 20.3. The van der Waals surface area contributed by atoms with Gasteiger partial charge in [-0.2, -0.15) is 5.10 Å². The van der Waals surface area contributed by atoms with Gasteiger partial charge in [-0.3, -0.25) is 9.48 Å². The summed E-state index contributed by atoms with van der Waals surface area (Å²) in [6, 6.07) is 7.78. The number of rotatable bonds is 2. The minimum atomic E-state index is -0.465. The first kappa shape index (κ1) is 11.5. The number of hydrogen-bond acceptors (Lipinski definition) is 3. The molecule has 5 nitrogen and oxygen atoms in total. The van der Waals surface area contributed by atoms with Crippen LogP contribution in [0.4, 0.5) is 10.2 Å². The first-order valence-electron chi connectivity index (χ1n) is 5.63. The number of benzene rings is 1. The van der Waals surface area contributed by atoms with Gasteiger partial charge in [0.1, 0.15) is 5.82 Å². The smallest absolute Gasteiger partial charge is 0.292 e. The topological polar surface area (TPSA) is 60.1 Å². The summed E-state index contributed by atoms with van der Waals surface area (Å²) in [5, 5.41) is 6.93. The molecule has 1 aromatic carbocycles. The fraction of sp³-hybridized carbons (Fsp3) is 0.0769. The van der Waals surface area contributed by atoms with Crippen LogP contribution >= 0.6 is 0 Å². The summed E-state index contributed by atoms with van der Waals surface area (Å²) in [6.07, 6.45) is 1.39. The zero-order valence-electron chi connectivity index (χ0n) is 10.1. The number of hydrogen-bond donors (Lipinski definition) is 1. The predicted molar refractivity (Wildman–Crippen MR) is 67.3 cm³/mol. The first-order chi connectivity index (χ1) is 9.16. The summed E-state index contributed by atoms with van der Waals surface area (Å²) in [4.78, 5) is 11.9. The Kier molecular flexibility index (Phi) is 2.56. The molecule has 0 unspecified atom stereocenters. The van der Waals surface area contributed by atoms with Gasteiger partial charge in [0.05, 0.1) is 17.2 Å². The van der Waals surface area contributed by atoms with Crippen molar-refractivity contribution in [3.05, 3.63) is 48.2 Å². The Morgan fingerprint density at radius 1 is 1.37 bits per heavy atom. The molecule has 2 heterocycles. The number of nitrogens with one attached hydrogen (secondary N) is 1. The van der Waals surface area contributed by atoms with E-state index in [4.69, 9.17) is 4.42 Å². The Bertz CT molecular complexity index is 747. The van der Waals surface area contributed by atoms with Crippen molar-refractivity contribution < 1.29 is 13.6 Å². The van der Waals surface area contributed by atoms with Crippen molar-refractivity contribution in [1.82, 2.24) is 9.78 Å². The highest BCUT2D eigenvalue weighted by Gasteiger charge is 2.16. The third kappa shape index (κ3) is 1.87.